The lowest BCUT2D eigenvalue weighted by Crippen LogP contribution is -2.35. The molecule has 0 bridgehead atoms. The number of hydrogen-bond donors (Lipinski definition) is 0. The van der Waals surface area contributed by atoms with Crippen molar-refractivity contribution in [3.63, 3.8) is 0 Å². The van der Waals surface area contributed by atoms with Crippen molar-refractivity contribution in [3.8, 4) is 50.8 Å². The molecule has 0 amide bonds. The Morgan fingerprint density at radius 3 is 1.96 bits per heavy atom. The molecule has 0 N–H and O–H groups in total. The van der Waals surface area contributed by atoms with E-state index >= 15 is 0 Å². The number of para-hydroxylation sites is 1. The second-order valence-corrected chi connectivity index (χ2v) is 12.2. The minimum absolute atomic E-state index is 0.416. The van der Waals surface area contributed by atoms with Crippen LogP contribution < -0.4 is 4.74 Å². The van der Waals surface area contributed by atoms with Crippen LogP contribution in [0.15, 0.2) is 157 Å². The molecule has 0 saturated carbocycles. The zero-order valence-corrected chi connectivity index (χ0v) is 24.9. The van der Waals surface area contributed by atoms with E-state index in [1.54, 1.807) is 0 Å². The predicted molar refractivity (Wildman–Crippen MR) is 181 cm³/mol. The molecule has 2 aliphatic carbocycles. The van der Waals surface area contributed by atoms with Crippen LogP contribution in [0.1, 0.15) is 30.0 Å². The zero-order valence-electron chi connectivity index (χ0n) is 24.9. The van der Waals surface area contributed by atoms with Gasteiger partial charge in [0, 0.05) is 34.2 Å². The quantitative estimate of drug-likeness (QED) is 0.210. The summed E-state index contributed by atoms with van der Waals surface area (Å²) in [4.78, 5) is 10.4. The van der Waals surface area contributed by atoms with Crippen LogP contribution in [-0.4, -0.2) is 9.97 Å². The fourth-order valence-corrected chi connectivity index (χ4v) is 7.49. The Balaban J connectivity index is 1.32. The Morgan fingerprint density at radius 1 is 0.600 bits per heavy atom. The molecule has 0 fully saturated rings. The average Bonchev–Trinajstić information content (AvgIpc) is 3.39. The van der Waals surface area contributed by atoms with Gasteiger partial charge < -0.3 is 4.74 Å². The van der Waals surface area contributed by atoms with E-state index in [2.05, 4.69) is 140 Å². The SMILES string of the molecule is CC1C=CC2=C(C1)Oc1ccccc1C21c2ccccc2-c2ccc(-c3nc(-c4ccccc4)cc(-c4ccccc4)n3)cc21. The average molecular weight is 579 g/mol. The highest BCUT2D eigenvalue weighted by atomic mass is 16.5. The number of allylic oxidation sites excluding steroid dienone is 4. The molecule has 2 unspecified atom stereocenters. The van der Waals surface area contributed by atoms with Crippen molar-refractivity contribution in [3.05, 3.63) is 174 Å². The minimum Gasteiger partial charge on any atom is -0.461 e. The summed E-state index contributed by atoms with van der Waals surface area (Å²) in [6, 6.07) is 47.1. The van der Waals surface area contributed by atoms with E-state index in [4.69, 9.17) is 14.7 Å². The summed E-state index contributed by atoms with van der Waals surface area (Å²) in [6.07, 6.45) is 5.53. The van der Waals surface area contributed by atoms with E-state index < -0.39 is 5.41 Å². The molecule has 0 radical (unpaired) electrons. The molecule has 45 heavy (non-hydrogen) atoms. The number of ether oxygens (including phenoxy) is 1. The first-order chi connectivity index (χ1) is 22.2. The topological polar surface area (TPSA) is 35.0 Å². The third kappa shape index (κ3) is 3.90. The second-order valence-electron chi connectivity index (χ2n) is 12.2. The molecular formula is C42H30N2O. The molecule has 214 valence electrons. The maximum atomic E-state index is 6.67. The van der Waals surface area contributed by atoms with Gasteiger partial charge in [-0.15, -0.1) is 0 Å². The molecule has 3 aliphatic rings. The molecule has 9 rings (SSSR count). The van der Waals surface area contributed by atoms with Crippen LogP contribution >= 0.6 is 0 Å². The van der Waals surface area contributed by atoms with Crippen LogP contribution in [0.5, 0.6) is 5.75 Å². The molecule has 2 heterocycles. The summed E-state index contributed by atoms with van der Waals surface area (Å²) < 4.78 is 6.67. The van der Waals surface area contributed by atoms with Gasteiger partial charge in [-0.05, 0) is 46.4 Å². The molecule has 0 saturated heterocycles. The number of benzene rings is 5. The van der Waals surface area contributed by atoms with Crippen molar-refractivity contribution in [1.82, 2.24) is 9.97 Å². The molecule has 6 aromatic rings. The molecule has 3 nitrogen and oxygen atoms in total. The van der Waals surface area contributed by atoms with Gasteiger partial charge in [0.05, 0.1) is 16.8 Å². The largest absolute Gasteiger partial charge is 0.461 e. The van der Waals surface area contributed by atoms with Crippen molar-refractivity contribution < 1.29 is 4.74 Å². The molecule has 1 aromatic heterocycles. The first-order valence-electron chi connectivity index (χ1n) is 15.6. The van der Waals surface area contributed by atoms with E-state index in [0.29, 0.717) is 11.7 Å². The van der Waals surface area contributed by atoms with E-state index in [9.17, 15) is 0 Å². The van der Waals surface area contributed by atoms with Crippen LogP contribution in [0.2, 0.25) is 0 Å². The monoisotopic (exact) mass is 578 g/mol. The van der Waals surface area contributed by atoms with Crippen LogP contribution in [-0.2, 0) is 5.41 Å². The van der Waals surface area contributed by atoms with Crippen molar-refractivity contribution in [2.45, 2.75) is 18.8 Å². The number of aromatic nitrogens is 2. The van der Waals surface area contributed by atoms with Gasteiger partial charge in [0.1, 0.15) is 11.5 Å². The van der Waals surface area contributed by atoms with E-state index in [-0.39, 0.29) is 0 Å². The smallest absolute Gasteiger partial charge is 0.160 e. The van der Waals surface area contributed by atoms with Gasteiger partial charge >= 0.3 is 0 Å². The Kier molecular flexibility index (Phi) is 5.76. The summed E-state index contributed by atoms with van der Waals surface area (Å²) >= 11 is 0. The Labute approximate surface area is 263 Å². The van der Waals surface area contributed by atoms with Gasteiger partial charge in [-0.1, -0.05) is 134 Å². The van der Waals surface area contributed by atoms with Gasteiger partial charge in [0.25, 0.3) is 0 Å². The third-order valence-electron chi connectivity index (χ3n) is 9.50. The first-order valence-corrected chi connectivity index (χ1v) is 15.6. The summed E-state index contributed by atoms with van der Waals surface area (Å²) in [5.74, 6) is 3.12. The Hall–Kier alpha value is -5.54. The molecule has 2 atom stereocenters. The Bertz CT molecular complexity index is 2120. The van der Waals surface area contributed by atoms with Crippen LogP contribution in [0.25, 0.3) is 45.0 Å². The molecular weight excluding hydrogens is 548 g/mol. The number of rotatable bonds is 3. The van der Waals surface area contributed by atoms with Crippen molar-refractivity contribution in [1.29, 1.82) is 0 Å². The normalized spacial score (nSPS) is 19.0. The summed E-state index contributed by atoms with van der Waals surface area (Å²) in [7, 11) is 0. The summed E-state index contributed by atoms with van der Waals surface area (Å²) in [5.41, 5.74) is 11.9. The maximum absolute atomic E-state index is 6.67. The maximum Gasteiger partial charge on any atom is 0.160 e. The van der Waals surface area contributed by atoms with Gasteiger partial charge in [-0.3, -0.25) is 0 Å². The fourth-order valence-electron chi connectivity index (χ4n) is 7.49. The van der Waals surface area contributed by atoms with Crippen LogP contribution in [0.3, 0.4) is 0 Å². The van der Waals surface area contributed by atoms with E-state index in [1.807, 2.05) is 12.1 Å². The highest BCUT2D eigenvalue weighted by Crippen LogP contribution is 2.62. The Morgan fingerprint density at radius 2 is 1.22 bits per heavy atom. The number of nitrogens with zero attached hydrogens (tertiary/aromatic N) is 2. The van der Waals surface area contributed by atoms with E-state index in [0.717, 1.165) is 46.0 Å². The zero-order chi connectivity index (χ0) is 30.0. The number of fused-ring (bicyclic) bond motifs is 8. The lowest BCUT2D eigenvalue weighted by Gasteiger charge is -2.42. The number of hydrogen-bond acceptors (Lipinski definition) is 3. The third-order valence-corrected chi connectivity index (χ3v) is 9.50. The highest BCUT2D eigenvalue weighted by molar-refractivity contribution is 5.90. The van der Waals surface area contributed by atoms with Crippen molar-refractivity contribution in [2.24, 2.45) is 5.92 Å². The molecule has 1 aliphatic heterocycles. The van der Waals surface area contributed by atoms with Gasteiger partial charge in [-0.25, -0.2) is 9.97 Å². The molecule has 3 heteroatoms. The minimum atomic E-state index is -0.498. The van der Waals surface area contributed by atoms with Crippen LogP contribution in [0, 0.1) is 5.92 Å². The lowest BCUT2D eigenvalue weighted by atomic mass is 9.64. The second kappa shape index (κ2) is 10.0. The van der Waals surface area contributed by atoms with Crippen LogP contribution in [0.4, 0.5) is 0 Å². The summed E-state index contributed by atoms with van der Waals surface area (Å²) in [6.45, 7) is 2.26. The van der Waals surface area contributed by atoms with Crippen molar-refractivity contribution in [2.75, 3.05) is 0 Å². The molecule has 1 spiro atoms. The standard InChI is InChI=1S/C42H30N2O/c1-27-20-23-35-40(24-27)45-39-19-11-10-18-34(39)42(35)33-17-9-8-16-31(33)32-22-21-30(25-36(32)42)41-43-37(28-12-4-2-5-13-28)26-38(44-41)29-14-6-3-7-15-29/h2-23,25-27H,24H2,1H3. The molecule has 5 aromatic carbocycles. The fraction of sp³-hybridized carbons (Fsp3) is 0.0952. The first kappa shape index (κ1) is 25.9. The lowest BCUT2D eigenvalue weighted by molar-refractivity contribution is 0.348. The highest BCUT2D eigenvalue weighted by Gasteiger charge is 2.52. The van der Waals surface area contributed by atoms with Gasteiger partial charge in [0.15, 0.2) is 5.82 Å². The van der Waals surface area contributed by atoms with E-state index in [1.165, 1.54) is 33.4 Å². The van der Waals surface area contributed by atoms with Gasteiger partial charge in [0.2, 0.25) is 0 Å². The van der Waals surface area contributed by atoms with Gasteiger partial charge in [-0.2, -0.15) is 0 Å². The predicted octanol–water partition coefficient (Wildman–Crippen LogP) is 10.0. The van der Waals surface area contributed by atoms with Crippen molar-refractivity contribution >= 4 is 0 Å². The summed E-state index contributed by atoms with van der Waals surface area (Å²) in [5, 5.41) is 0.